The molecule has 0 spiro atoms. The van der Waals surface area contributed by atoms with Gasteiger partial charge in [-0.15, -0.1) is 0 Å². The van der Waals surface area contributed by atoms with Gasteiger partial charge < -0.3 is 10.2 Å². The Hall–Kier alpha value is -3.03. The smallest absolute Gasteiger partial charge is 0.324 e. The molecular weight excluding hydrogens is 336 g/mol. The van der Waals surface area contributed by atoms with E-state index in [9.17, 15) is 19.2 Å². The summed E-state index contributed by atoms with van der Waals surface area (Å²) in [7, 11) is 0. The van der Waals surface area contributed by atoms with E-state index in [1.807, 2.05) is 13.0 Å². The molecule has 0 aromatic carbocycles. The summed E-state index contributed by atoms with van der Waals surface area (Å²) in [5.74, 6) is -0.822. The molecule has 1 aliphatic carbocycles. The molecule has 1 unspecified atom stereocenters. The Morgan fingerprint density at radius 1 is 1.27 bits per heavy atom. The van der Waals surface area contributed by atoms with E-state index in [1.165, 1.54) is 4.90 Å². The number of fused-ring (bicyclic) bond motifs is 1. The Labute approximate surface area is 150 Å². The first kappa shape index (κ1) is 17.8. The lowest BCUT2D eigenvalue weighted by Crippen LogP contribution is -2.49. The van der Waals surface area contributed by atoms with Crippen LogP contribution < -0.4 is 10.6 Å². The molecule has 0 saturated carbocycles. The summed E-state index contributed by atoms with van der Waals surface area (Å²) in [6.45, 7) is 2.50. The Kier molecular flexibility index (Phi) is 5.11. The van der Waals surface area contributed by atoms with E-state index in [2.05, 4.69) is 15.6 Å². The van der Waals surface area contributed by atoms with Gasteiger partial charge >= 0.3 is 6.03 Å². The van der Waals surface area contributed by atoms with Gasteiger partial charge in [-0.05, 0) is 18.6 Å². The summed E-state index contributed by atoms with van der Waals surface area (Å²) in [4.78, 5) is 52.0. The van der Waals surface area contributed by atoms with E-state index < -0.39 is 6.03 Å². The van der Waals surface area contributed by atoms with Crippen molar-refractivity contribution in [1.29, 1.82) is 0 Å². The van der Waals surface area contributed by atoms with E-state index in [0.717, 1.165) is 17.7 Å². The molecule has 2 heterocycles. The highest BCUT2D eigenvalue weighted by Crippen LogP contribution is 2.28. The molecule has 2 aliphatic heterocycles. The van der Waals surface area contributed by atoms with Crippen LogP contribution in [-0.2, 0) is 14.4 Å². The first-order valence-electron chi connectivity index (χ1n) is 8.57. The van der Waals surface area contributed by atoms with Crippen molar-refractivity contribution in [3.63, 3.8) is 0 Å². The number of hydrogen-bond acceptors (Lipinski definition) is 4. The Morgan fingerprint density at radius 2 is 2.08 bits per heavy atom. The number of urea groups is 1. The molecular formula is C18H20N4O4. The molecule has 0 radical (unpaired) electrons. The molecule has 3 aliphatic rings. The highest BCUT2D eigenvalue weighted by atomic mass is 16.2. The molecule has 8 heteroatoms. The normalized spacial score (nSPS) is 23.9. The van der Waals surface area contributed by atoms with E-state index in [-0.39, 0.29) is 43.0 Å². The van der Waals surface area contributed by atoms with E-state index in [0.29, 0.717) is 12.3 Å². The van der Waals surface area contributed by atoms with Gasteiger partial charge in [-0.3, -0.25) is 19.7 Å². The van der Waals surface area contributed by atoms with Crippen LogP contribution in [0.15, 0.2) is 40.6 Å². The summed E-state index contributed by atoms with van der Waals surface area (Å²) in [6, 6.07) is -0.479. The fourth-order valence-electron chi connectivity index (χ4n) is 3.10. The van der Waals surface area contributed by atoms with Crippen LogP contribution in [0.5, 0.6) is 0 Å². The van der Waals surface area contributed by atoms with E-state index in [4.69, 9.17) is 0 Å². The molecule has 1 fully saturated rings. The molecule has 2 N–H and O–H groups in total. The lowest BCUT2D eigenvalue weighted by Gasteiger charge is -2.27. The number of carbonyl (C=O) groups excluding carboxylic acids is 4. The molecule has 136 valence electrons. The molecule has 26 heavy (non-hydrogen) atoms. The van der Waals surface area contributed by atoms with Crippen LogP contribution in [0, 0.1) is 5.92 Å². The molecule has 0 aromatic heterocycles. The van der Waals surface area contributed by atoms with Crippen molar-refractivity contribution in [2.45, 2.75) is 26.2 Å². The van der Waals surface area contributed by atoms with Crippen molar-refractivity contribution in [3.05, 3.63) is 35.6 Å². The number of amides is 5. The number of imide groups is 1. The predicted molar refractivity (Wildman–Crippen MR) is 94.0 cm³/mol. The fourth-order valence-corrected chi connectivity index (χ4v) is 3.10. The fraction of sp³-hybridized carbons (Fsp3) is 0.389. The average Bonchev–Trinajstić information content (AvgIpc) is 2.59. The molecule has 3 rings (SSSR count). The van der Waals surface area contributed by atoms with Gasteiger partial charge in [0.1, 0.15) is 0 Å². The van der Waals surface area contributed by atoms with Crippen LogP contribution in [0.3, 0.4) is 0 Å². The number of nitrogens with zero attached hydrogens (tertiary/aromatic N) is 2. The number of nitrogens with one attached hydrogen (secondary N) is 2. The SMILES string of the molecule is CCC1=CC(=O)NC2=CC(=NC(=O)CCN3CCC(=O)NC3=O)C=CC12. The lowest BCUT2D eigenvalue weighted by atomic mass is 9.86. The zero-order valence-corrected chi connectivity index (χ0v) is 14.4. The molecule has 5 amide bonds. The summed E-state index contributed by atoms with van der Waals surface area (Å²) in [5, 5.41) is 5.00. The summed E-state index contributed by atoms with van der Waals surface area (Å²) >= 11 is 0. The zero-order valence-electron chi connectivity index (χ0n) is 14.4. The van der Waals surface area contributed by atoms with Gasteiger partial charge in [0.15, 0.2) is 0 Å². The maximum atomic E-state index is 12.1. The first-order valence-corrected chi connectivity index (χ1v) is 8.57. The van der Waals surface area contributed by atoms with Crippen molar-refractivity contribution in [3.8, 4) is 0 Å². The largest absolute Gasteiger partial charge is 0.325 e. The maximum Gasteiger partial charge on any atom is 0.324 e. The van der Waals surface area contributed by atoms with Gasteiger partial charge in [0.2, 0.25) is 17.7 Å². The van der Waals surface area contributed by atoms with Crippen molar-refractivity contribution in [2.24, 2.45) is 10.9 Å². The second-order valence-electron chi connectivity index (χ2n) is 6.27. The number of aliphatic imine (C=N–C) groups is 1. The molecule has 0 aromatic rings. The number of allylic oxidation sites excluding steroid dienone is 3. The average molecular weight is 356 g/mol. The second-order valence-corrected chi connectivity index (χ2v) is 6.27. The monoisotopic (exact) mass is 356 g/mol. The third kappa shape index (κ3) is 3.96. The van der Waals surface area contributed by atoms with Crippen molar-refractivity contribution in [2.75, 3.05) is 13.1 Å². The molecule has 1 atom stereocenters. The number of rotatable bonds is 4. The molecule has 1 saturated heterocycles. The lowest BCUT2D eigenvalue weighted by molar-refractivity contribution is -0.121. The van der Waals surface area contributed by atoms with Gasteiger partial charge in [-0.1, -0.05) is 18.6 Å². The van der Waals surface area contributed by atoms with Gasteiger partial charge in [-0.25, -0.2) is 9.79 Å². The van der Waals surface area contributed by atoms with Crippen LogP contribution in [0.4, 0.5) is 4.79 Å². The van der Waals surface area contributed by atoms with Gasteiger partial charge in [0.05, 0.1) is 5.71 Å². The van der Waals surface area contributed by atoms with Crippen LogP contribution in [-0.4, -0.2) is 47.5 Å². The highest BCUT2D eigenvalue weighted by molar-refractivity contribution is 6.11. The van der Waals surface area contributed by atoms with Crippen LogP contribution >= 0.6 is 0 Å². The highest BCUT2D eigenvalue weighted by Gasteiger charge is 2.26. The second kappa shape index (κ2) is 7.47. The maximum absolute atomic E-state index is 12.1. The minimum atomic E-state index is -0.479. The van der Waals surface area contributed by atoms with Crippen molar-refractivity contribution >= 4 is 29.5 Å². The Morgan fingerprint density at radius 3 is 2.81 bits per heavy atom. The molecule has 0 bridgehead atoms. The van der Waals surface area contributed by atoms with Gasteiger partial charge in [0.25, 0.3) is 0 Å². The number of hydrogen-bond donors (Lipinski definition) is 2. The molecule has 8 nitrogen and oxygen atoms in total. The van der Waals surface area contributed by atoms with Gasteiger partial charge in [0, 0.05) is 43.6 Å². The van der Waals surface area contributed by atoms with Gasteiger partial charge in [-0.2, -0.15) is 0 Å². The van der Waals surface area contributed by atoms with Crippen LogP contribution in [0.25, 0.3) is 0 Å². The summed E-state index contributed by atoms with van der Waals surface area (Å²) in [5.41, 5.74) is 2.21. The third-order valence-corrected chi connectivity index (χ3v) is 4.48. The standard InChI is InChI=1S/C18H20N4O4/c1-2-11-9-17(25)20-14-10-12(3-4-13(11)14)19-15(23)5-7-22-8-6-16(24)21-18(22)26/h3-4,9-10,13H,2,5-8H2,1H3,(H,20,25)(H,21,24,26). The first-order chi connectivity index (χ1) is 12.5. The Balaban J connectivity index is 1.61. The minimum Gasteiger partial charge on any atom is -0.325 e. The third-order valence-electron chi connectivity index (χ3n) is 4.48. The quantitative estimate of drug-likeness (QED) is 0.777. The summed E-state index contributed by atoms with van der Waals surface area (Å²) in [6.07, 6.45) is 8.06. The number of carbonyl (C=O) groups is 4. The van der Waals surface area contributed by atoms with E-state index >= 15 is 0 Å². The zero-order chi connectivity index (χ0) is 18.7. The van der Waals surface area contributed by atoms with Crippen LogP contribution in [0.2, 0.25) is 0 Å². The summed E-state index contributed by atoms with van der Waals surface area (Å²) < 4.78 is 0. The topological polar surface area (TPSA) is 108 Å². The van der Waals surface area contributed by atoms with Crippen LogP contribution in [0.1, 0.15) is 26.2 Å². The Bertz CT molecular complexity index is 791. The van der Waals surface area contributed by atoms with E-state index in [1.54, 1.807) is 18.2 Å². The van der Waals surface area contributed by atoms with Crippen molar-refractivity contribution in [1.82, 2.24) is 15.5 Å². The van der Waals surface area contributed by atoms with Crippen molar-refractivity contribution < 1.29 is 19.2 Å². The minimum absolute atomic E-state index is 0.0151. The predicted octanol–water partition coefficient (Wildman–Crippen LogP) is 0.822.